The lowest BCUT2D eigenvalue weighted by atomic mass is 9.97. The summed E-state index contributed by atoms with van der Waals surface area (Å²) in [4.78, 5) is 0. The Morgan fingerprint density at radius 3 is 2.18 bits per heavy atom. The second kappa shape index (κ2) is 4.94. The lowest BCUT2D eigenvalue weighted by Crippen LogP contribution is -2.10. The van der Waals surface area contributed by atoms with Crippen LogP contribution in [0.2, 0.25) is 0 Å². The fourth-order valence-corrected chi connectivity index (χ4v) is 1.09. The van der Waals surface area contributed by atoms with Crippen molar-refractivity contribution in [3.05, 3.63) is 11.8 Å². The van der Waals surface area contributed by atoms with Gasteiger partial charge >= 0.3 is 0 Å². The summed E-state index contributed by atoms with van der Waals surface area (Å²) < 4.78 is 0. The molecule has 0 aromatic heterocycles. The van der Waals surface area contributed by atoms with Gasteiger partial charge in [0.25, 0.3) is 0 Å². The van der Waals surface area contributed by atoms with E-state index < -0.39 is 0 Å². The average molecular weight is 154 g/mol. The second-order valence-corrected chi connectivity index (χ2v) is 2.86. The Morgan fingerprint density at radius 2 is 1.91 bits per heavy atom. The van der Waals surface area contributed by atoms with E-state index in [1.165, 1.54) is 0 Å². The molecule has 0 amide bonds. The predicted molar refractivity (Wildman–Crippen MR) is 49.7 cm³/mol. The Hall–Kier alpha value is -0.790. The number of nitrogens with one attached hydrogen (secondary N) is 1. The van der Waals surface area contributed by atoms with Crippen LogP contribution in [-0.2, 0) is 0 Å². The van der Waals surface area contributed by atoms with E-state index in [4.69, 9.17) is 11.1 Å². The Balaban J connectivity index is 4.11. The third kappa shape index (κ3) is 3.81. The van der Waals surface area contributed by atoms with Crippen molar-refractivity contribution in [3.8, 4) is 0 Å². The summed E-state index contributed by atoms with van der Waals surface area (Å²) in [6.07, 6.45) is 3.80. The summed E-state index contributed by atoms with van der Waals surface area (Å²) in [6, 6.07) is 0. The van der Waals surface area contributed by atoms with E-state index in [9.17, 15) is 0 Å². The first-order valence-electron chi connectivity index (χ1n) is 4.14. The van der Waals surface area contributed by atoms with Gasteiger partial charge in [-0.1, -0.05) is 13.8 Å². The van der Waals surface area contributed by atoms with Crippen LogP contribution in [0.1, 0.15) is 33.6 Å². The molecule has 0 saturated heterocycles. The number of rotatable bonds is 4. The Kier molecular flexibility index (Phi) is 4.59. The molecule has 64 valence electrons. The highest BCUT2D eigenvalue weighted by Crippen LogP contribution is 2.09. The molecule has 11 heavy (non-hydrogen) atoms. The standard InChI is InChI=1S/C9H18N2/c1-4-8(5-2)9(11)6-7(3)10/h6,8,11H,4-5,10H2,1-3H3/b7-6-,11-9?. The monoisotopic (exact) mass is 154 g/mol. The average Bonchev–Trinajstić information content (AvgIpc) is 1.88. The molecule has 0 atom stereocenters. The highest BCUT2D eigenvalue weighted by molar-refractivity contribution is 5.94. The maximum atomic E-state index is 7.62. The van der Waals surface area contributed by atoms with Crippen molar-refractivity contribution >= 4 is 5.71 Å². The van der Waals surface area contributed by atoms with Crippen molar-refractivity contribution in [2.24, 2.45) is 11.7 Å². The highest BCUT2D eigenvalue weighted by atomic mass is 14.6. The molecule has 0 fully saturated rings. The molecule has 0 unspecified atom stereocenters. The summed E-state index contributed by atoms with van der Waals surface area (Å²) in [5.74, 6) is 0.383. The van der Waals surface area contributed by atoms with Crippen molar-refractivity contribution in [1.29, 1.82) is 5.41 Å². The van der Waals surface area contributed by atoms with Gasteiger partial charge in [0.2, 0.25) is 0 Å². The van der Waals surface area contributed by atoms with Gasteiger partial charge < -0.3 is 11.1 Å². The van der Waals surface area contributed by atoms with E-state index in [0.717, 1.165) is 18.5 Å². The van der Waals surface area contributed by atoms with E-state index in [1.54, 1.807) is 6.08 Å². The Bertz CT molecular complexity index is 151. The number of allylic oxidation sites excluding steroid dienone is 2. The lowest BCUT2D eigenvalue weighted by molar-refractivity contribution is 0.642. The fraction of sp³-hybridized carbons (Fsp3) is 0.667. The van der Waals surface area contributed by atoms with Crippen LogP contribution < -0.4 is 5.73 Å². The van der Waals surface area contributed by atoms with Crippen LogP contribution in [0.15, 0.2) is 11.8 Å². The first-order chi connectivity index (χ1) is 5.11. The maximum absolute atomic E-state index is 7.62. The first kappa shape index (κ1) is 10.2. The molecular weight excluding hydrogens is 136 g/mol. The van der Waals surface area contributed by atoms with Crippen LogP contribution in [-0.4, -0.2) is 5.71 Å². The molecule has 0 aromatic rings. The summed E-state index contributed by atoms with van der Waals surface area (Å²) in [6.45, 7) is 6.02. The molecule has 0 aliphatic heterocycles. The Labute approximate surface area is 69.0 Å². The van der Waals surface area contributed by atoms with Crippen molar-refractivity contribution in [2.45, 2.75) is 33.6 Å². The zero-order valence-electron chi connectivity index (χ0n) is 7.65. The SMILES string of the molecule is CCC(CC)C(=N)/C=C(/C)N. The number of hydrogen-bond donors (Lipinski definition) is 2. The van der Waals surface area contributed by atoms with Crippen LogP contribution in [0, 0.1) is 11.3 Å². The first-order valence-corrected chi connectivity index (χ1v) is 4.14. The van der Waals surface area contributed by atoms with Crippen LogP contribution in [0.3, 0.4) is 0 Å². The molecule has 0 heterocycles. The molecular formula is C9H18N2. The van der Waals surface area contributed by atoms with Gasteiger partial charge in [0, 0.05) is 17.3 Å². The van der Waals surface area contributed by atoms with Gasteiger partial charge in [-0.15, -0.1) is 0 Å². The fourth-order valence-electron chi connectivity index (χ4n) is 1.09. The molecule has 0 saturated carbocycles. The molecule has 0 aliphatic carbocycles. The third-order valence-corrected chi connectivity index (χ3v) is 1.81. The molecule has 3 N–H and O–H groups in total. The van der Waals surface area contributed by atoms with Gasteiger partial charge in [-0.2, -0.15) is 0 Å². The summed E-state index contributed by atoms with van der Waals surface area (Å²) in [5, 5.41) is 7.62. The molecule has 0 bridgehead atoms. The van der Waals surface area contributed by atoms with Gasteiger partial charge in [-0.25, -0.2) is 0 Å². The largest absolute Gasteiger partial charge is 0.402 e. The van der Waals surface area contributed by atoms with Crippen LogP contribution in [0.4, 0.5) is 0 Å². The maximum Gasteiger partial charge on any atom is 0.0361 e. The van der Waals surface area contributed by atoms with E-state index in [0.29, 0.717) is 11.6 Å². The molecule has 0 radical (unpaired) electrons. The van der Waals surface area contributed by atoms with Gasteiger partial charge in [-0.05, 0) is 25.8 Å². The number of hydrogen-bond acceptors (Lipinski definition) is 2. The third-order valence-electron chi connectivity index (χ3n) is 1.81. The van der Waals surface area contributed by atoms with Crippen molar-refractivity contribution in [2.75, 3.05) is 0 Å². The summed E-state index contributed by atoms with van der Waals surface area (Å²) >= 11 is 0. The van der Waals surface area contributed by atoms with Gasteiger partial charge in [0.15, 0.2) is 0 Å². The Morgan fingerprint density at radius 1 is 1.45 bits per heavy atom. The van der Waals surface area contributed by atoms with Gasteiger partial charge in [0.1, 0.15) is 0 Å². The van der Waals surface area contributed by atoms with Crippen LogP contribution in [0.5, 0.6) is 0 Å². The molecule has 2 nitrogen and oxygen atoms in total. The van der Waals surface area contributed by atoms with E-state index >= 15 is 0 Å². The molecule has 0 aromatic carbocycles. The highest BCUT2D eigenvalue weighted by Gasteiger charge is 2.06. The molecule has 0 spiro atoms. The number of nitrogens with two attached hydrogens (primary N) is 1. The van der Waals surface area contributed by atoms with Crippen molar-refractivity contribution < 1.29 is 0 Å². The quantitative estimate of drug-likeness (QED) is 0.600. The van der Waals surface area contributed by atoms with Gasteiger partial charge in [0.05, 0.1) is 0 Å². The van der Waals surface area contributed by atoms with Gasteiger partial charge in [-0.3, -0.25) is 0 Å². The second-order valence-electron chi connectivity index (χ2n) is 2.86. The van der Waals surface area contributed by atoms with E-state index in [1.807, 2.05) is 6.92 Å². The summed E-state index contributed by atoms with van der Waals surface area (Å²) in [7, 11) is 0. The van der Waals surface area contributed by atoms with E-state index in [-0.39, 0.29) is 0 Å². The van der Waals surface area contributed by atoms with Crippen LogP contribution >= 0.6 is 0 Å². The zero-order valence-corrected chi connectivity index (χ0v) is 7.65. The summed E-state index contributed by atoms with van der Waals surface area (Å²) in [5.41, 5.74) is 6.85. The van der Waals surface area contributed by atoms with Crippen molar-refractivity contribution in [3.63, 3.8) is 0 Å². The topological polar surface area (TPSA) is 49.9 Å². The molecule has 0 rings (SSSR count). The minimum absolute atomic E-state index is 0.383. The molecule has 2 heteroatoms. The zero-order chi connectivity index (χ0) is 8.85. The minimum Gasteiger partial charge on any atom is -0.402 e. The van der Waals surface area contributed by atoms with Crippen LogP contribution in [0.25, 0.3) is 0 Å². The smallest absolute Gasteiger partial charge is 0.0361 e. The molecule has 0 aliphatic rings. The normalized spacial score (nSPS) is 12.2. The minimum atomic E-state index is 0.383. The lowest BCUT2D eigenvalue weighted by Gasteiger charge is -2.10. The predicted octanol–water partition coefficient (Wildman–Crippen LogP) is 2.30. The van der Waals surface area contributed by atoms with E-state index in [2.05, 4.69) is 13.8 Å². The van der Waals surface area contributed by atoms with Crippen molar-refractivity contribution in [1.82, 2.24) is 0 Å².